The molecule has 2 aromatic carbocycles. The molecule has 1 N–H and O–H groups in total. The summed E-state index contributed by atoms with van der Waals surface area (Å²) in [5.74, 6) is 0.902. The Hall–Kier alpha value is -1.99. The van der Waals surface area contributed by atoms with Crippen molar-refractivity contribution in [2.24, 2.45) is 0 Å². The monoisotopic (exact) mass is 405 g/mol. The number of benzene rings is 2. The zero-order valence-corrected chi connectivity index (χ0v) is 16.4. The van der Waals surface area contributed by atoms with Gasteiger partial charge in [0.05, 0.1) is 10.1 Å². The van der Waals surface area contributed by atoms with Gasteiger partial charge >= 0.3 is 5.97 Å². The third-order valence-corrected chi connectivity index (χ3v) is 7.03. The molecular formula is C20H20FNO3S2. The molecule has 0 aliphatic carbocycles. The van der Waals surface area contributed by atoms with Crippen LogP contribution in [0.15, 0.2) is 48.5 Å². The second-order valence-corrected chi connectivity index (χ2v) is 8.82. The van der Waals surface area contributed by atoms with Crippen molar-refractivity contribution in [1.29, 1.82) is 0 Å². The second-order valence-electron chi connectivity index (χ2n) is 6.09. The zero-order chi connectivity index (χ0) is 19.2. The number of hydrogen-bond donors (Lipinski definition) is 1. The molecule has 142 valence electrons. The standard InChI is InChI=1S/C20H20FNO3S2/c1-13(18(23)22-17-9-7-16(21)8-10-17)25-19(24)14-3-5-15(6-4-14)20-26-11-2-12-27-20/h3-10,13,20H,2,11-12H2,1H3,(H,22,23)/t13-/m0/s1. The van der Waals surface area contributed by atoms with Gasteiger partial charge in [-0.25, -0.2) is 9.18 Å². The van der Waals surface area contributed by atoms with Gasteiger partial charge in [0.15, 0.2) is 6.10 Å². The highest BCUT2D eigenvalue weighted by Crippen LogP contribution is 2.43. The van der Waals surface area contributed by atoms with E-state index in [0.29, 0.717) is 15.8 Å². The highest BCUT2D eigenvalue weighted by molar-refractivity contribution is 8.16. The number of halogens is 1. The van der Waals surface area contributed by atoms with Crippen LogP contribution in [0.3, 0.4) is 0 Å². The first-order chi connectivity index (χ1) is 13.0. The highest BCUT2D eigenvalue weighted by atomic mass is 32.2. The fourth-order valence-electron chi connectivity index (χ4n) is 2.52. The van der Waals surface area contributed by atoms with Gasteiger partial charge in [0, 0.05) is 5.69 Å². The first kappa shape index (κ1) is 19.8. The molecular weight excluding hydrogens is 385 g/mol. The summed E-state index contributed by atoms with van der Waals surface area (Å²) in [7, 11) is 0. The van der Waals surface area contributed by atoms with Crippen LogP contribution in [-0.2, 0) is 9.53 Å². The van der Waals surface area contributed by atoms with Gasteiger partial charge in [-0.15, -0.1) is 23.5 Å². The van der Waals surface area contributed by atoms with Gasteiger partial charge in [-0.05, 0) is 66.8 Å². The highest BCUT2D eigenvalue weighted by Gasteiger charge is 2.20. The van der Waals surface area contributed by atoms with Crippen molar-refractivity contribution < 1.29 is 18.7 Å². The normalized spacial score (nSPS) is 15.8. The van der Waals surface area contributed by atoms with Crippen LogP contribution in [0.4, 0.5) is 10.1 Å². The Morgan fingerprint density at radius 2 is 1.70 bits per heavy atom. The predicted molar refractivity (Wildman–Crippen MR) is 109 cm³/mol. The summed E-state index contributed by atoms with van der Waals surface area (Å²) in [5.41, 5.74) is 2.03. The number of nitrogens with one attached hydrogen (secondary N) is 1. The molecule has 3 rings (SSSR count). The fourth-order valence-corrected chi connectivity index (χ4v) is 5.41. The van der Waals surface area contributed by atoms with Gasteiger partial charge in [-0.3, -0.25) is 4.79 Å². The van der Waals surface area contributed by atoms with E-state index in [9.17, 15) is 14.0 Å². The lowest BCUT2D eigenvalue weighted by atomic mass is 10.1. The Balaban J connectivity index is 1.55. The first-order valence-corrected chi connectivity index (χ1v) is 10.7. The summed E-state index contributed by atoms with van der Waals surface area (Å²) in [6.07, 6.45) is 0.264. The van der Waals surface area contributed by atoms with Crippen molar-refractivity contribution in [3.63, 3.8) is 0 Å². The van der Waals surface area contributed by atoms with Crippen molar-refractivity contribution in [3.05, 3.63) is 65.5 Å². The molecule has 0 saturated carbocycles. The molecule has 0 radical (unpaired) electrons. The molecule has 0 spiro atoms. The molecule has 0 aromatic heterocycles. The number of carbonyl (C=O) groups is 2. The van der Waals surface area contributed by atoms with Crippen LogP contribution in [0, 0.1) is 5.82 Å². The van der Waals surface area contributed by atoms with E-state index in [1.807, 2.05) is 35.7 Å². The van der Waals surface area contributed by atoms with Gasteiger partial charge in [0.2, 0.25) is 0 Å². The summed E-state index contributed by atoms with van der Waals surface area (Å²) in [6, 6.07) is 12.7. The number of anilines is 1. The number of ether oxygens (including phenoxy) is 1. The maximum absolute atomic E-state index is 12.9. The molecule has 1 heterocycles. The number of thioether (sulfide) groups is 2. The lowest BCUT2D eigenvalue weighted by Gasteiger charge is -2.21. The van der Waals surface area contributed by atoms with Crippen molar-refractivity contribution in [1.82, 2.24) is 0 Å². The smallest absolute Gasteiger partial charge is 0.338 e. The van der Waals surface area contributed by atoms with E-state index in [0.717, 1.165) is 11.5 Å². The molecule has 0 bridgehead atoms. The average Bonchev–Trinajstić information content (AvgIpc) is 2.70. The average molecular weight is 406 g/mol. The number of esters is 1. The molecule has 1 aliphatic heterocycles. The number of carbonyl (C=O) groups excluding carboxylic acids is 2. The van der Waals surface area contributed by atoms with E-state index < -0.39 is 18.0 Å². The minimum Gasteiger partial charge on any atom is -0.449 e. The van der Waals surface area contributed by atoms with E-state index in [-0.39, 0.29) is 5.82 Å². The molecule has 4 nitrogen and oxygen atoms in total. The third kappa shape index (κ3) is 5.49. The molecule has 1 aliphatic rings. The minimum atomic E-state index is -0.966. The van der Waals surface area contributed by atoms with E-state index in [2.05, 4.69) is 5.32 Å². The molecule has 2 aromatic rings. The summed E-state index contributed by atoms with van der Waals surface area (Å²) >= 11 is 3.83. The van der Waals surface area contributed by atoms with Crippen LogP contribution >= 0.6 is 23.5 Å². The van der Waals surface area contributed by atoms with Crippen molar-refractivity contribution in [2.45, 2.75) is 24.0 Å². The van der Waals surface area contributed by atoms with Crippen LogP contribution in [0.2, 0.25) is 0 Å². The Labute approximate surface area is 166 Å². The molecule has 1 amide bonds. The molecule has 27 heavy (non-hydrogen) atoms. The van der Waals surface area contributed by atoms with E-state index in [4.69, 9.17) is 4.74 Å². The molecule has 0 unspecified atom stereocenters. The Bertz CT molecular complexity index is 790. The summed E-state index contributed by atoms with van der Waals surface area (Å²) in [4.78, 5) is 24.4. The van der Waals surface area contributed by atoms with Crippen molar-refractivity contribution >= 4 is 41.1 Å². The first-order valence-electron chi connectivity index (χ1n) is 8.63. The van der Waals surface area contributed by atoms with Crippen LogP contribution in [0.1, 0.15) is 33.8 Å². The Morgan fingerprint density at radius 3 is 2.33 bits per heavy atom. The van der Waals surface area contributed by atoms with Crippen LogP contribution in [-0.4, -0.2) is 29.5 Å². The Morgan fingerprint density at radius 1 is 1.07 bits per heavy atom. The van der Waals surface area contributed by atoms with E-state index in [1.54, 1.807) is 12.1 Å². The van der Waals surface area contributed by atoms with Gasteiger partial charge in [-0.2, -0.15) is 0 Å². The van der Waals surface area contributed by atoms with Crippen molar-refractivity contribution in [2.75, 3.05) is 16.8 Å². The van der Waals surface area contributed by atoms with E-state index in [1.165, 1.54) is 43.2 Å². The van der Waals surface area contributed by atoms with Crippen LogP contribution in [0.5, 0.6) is 0 Å². The maximum Gasteiger partial charge on any atom is 0.338 e. The zero-order valence-electron chi connectivity index (χ0n) is 14.8. The second kappa shape index (κ2) is 9.28. The lowest BCUT2D eigenvalue weighted by Crippen LogP contribution is -2.30. The number of hydrogen-bond acceptors (Lipinski definition) is 5. The number of rotatable bonds is 5. The lowest BCUT2D eigenvalue weighted by molar-refractivity contribution is -0.123. The van der Waals surface area contributed by atoms with Gasteiger partial charge in [0.25, 0.3) is 5.91 Å². The minimum absolute atomic E-state index is 0.388. The molecule has 1 fully saturated rings. The van der Waals surface area contributed by atoms with Gasteiger partial charge < -0.3 is 10.1 Å². The van der Waals surface area contributed by atoms with Crippen LogP contribution < -0.4 is 5.32 Å². The summed E-state index contributed by atoms with van der Waals surface area (Å²) < 4.78 is 18.6. The topological polar surface area (TPSA) is 55.4 Å². The third-order valence-electron chi connectivity index (χ3n) is 4.01. The Kier molecular flexibility index (Phi) is 6.79. The van der Waals surface area contributed by atoms with E-state index >= 15 is 0 Å². The van der Waals surface area contributed by atoms with Gasteiger partial charge in [-0.1, -0.05) is 12.1 Å². The molecule has 1 saturated heterocycles. The van der Waals surface area contributed by atoms with Gasteiger partial charge in [0.1, 0.15) is 5.82 Å². The number of amides is 1. The maximum atomic E-state index is 12.9. The molecule has 7 heteroatoms. The summed E-state index contributed by atoms with van der Waals surface area (Å²) in [6.45, 7) is 1.50. The van der Waals surface area contributed by atoms with Crippen molar-refractivity contribution in [3.8, 4) is 0 Å². The summed E-state index contributed by atoms with van der Waals surface area (Å²) in [5, 5.41) is 2.59. The fraction of sp³-hybridized carbons (Fsp3) is 0.300. The molecule has 1 atom stereocenters. The predicted octanol–water partition coefficient (Wildman–Crippen LogP) is 4.88. The SMILES string of the molecule is C[C@H](OC(=O)c1ccc(C2SCCCS2)cc1)C(=O)Nc1ccc(F)cc1. The largest absolute Gasteiger partial charge is 0.449 e. The quantitative estimate of drug-likeness (QED) is 0.719. The van der Waals surface area contributed by atoms with Crippen LogP contribution in [0.25, 0.3) is 0 Å².